The van der Waals surface area contributed by atoms with E-state index in [0.29, 0.717) is 19.2 Å². The maximum absolute atomic E-state index is 12.8. The number of carbonyl (C=O) groups excluding carboxylic acids is 1. The summed E-state index contributed by atoms with van der Waals surface area (Å²) in [5.41, 5.74) is 0.766. The van der Waals surface area contributed by atoms with Gasteiger partial charge in [-0.05, 0) is 45.0 Å². The van der Waals surface area contributed by atoms with E-state index in [1.54, 1.807) is 7.11 Å². The first-order valence-corrected chi connectivity index (χ1v) is 7.43. The molecule has 1 aromatic heterocycles. The van der Waals surface area contributed by atoms with Crippen LogP contribution in [0, 0.1) is 0 Å². The number of hydrogen-bond donors (Lipinski definition) is 1. The number of nitrogens with zero attached hydrogens (tertiary/aromatic N) is 2. The second-order valence-corrected chi connectivity index (χ2v) is 5.15. The Kier molecular flexibility index (Phi) is 5.61. The topological polar surface area (TPSA) is 46.5 Å². The fraction of sp³-hybridized carbons (Fsp3) is 0.667. The van der Waals surface area contributed by atoms with Gasteiger partial charge in [0.15, 0.2) is 0 Å². The monoisotopic (exact) mass is 279 g/mol. The fourth-order valence-electron chi connectivity index (χ4n) is 2.83. The van der Waals surface area contributed by atoms with Crippen molar-refractivity contribution in [3.05, 3.63) is 24.0 Å². The highest BCUT2D eigenvalue weighted by molar-refractivity contribution is 5.93. The van der Waals surface area contributed by atoms with Gasteiger partial charge >= 0.3 is 0 Å². The van der Waals surface area contributed by atoms with Gasteiger partial charge in [0, 0.05) is 32.4 Å². The number of ether oxygens (including phenoxy) is 1. The van der Waals surface area contributed by atoms with Gasteiger partial charge in [-0.25, -0.2) is 0 Å². The van der Waals surface area contributed by atoms with E-state index in [0.717, 1.165) is 38.2 Å². The Balaban J connectivity index is 2.09. The number of carbonyl (C=O) groups is 1. The molecule has 1 N–H and O–H groups in total. The molecule has 5 heteroatoms. The maximum atomic E-state index is 12.8. The number of hydrogen-bond acceptors (Lipinski definition) is 3. The van der Waals surface area contributed by atoms with Crippen molar-refractivity contribution < 1.29 is 9.53 Å². The highest BCUT2D eigenvalue weighted by Gasteiger charge is 2.26. The molecule has 112 valence electrons. The van der Waals surface area contributed by atoms with Crippen molar-refractivity contribution in [3.8, 4) is 0 Å². The van der Waals surface area contributed by atoms with Gasteiger partial charge in [-0.3, -0.25) is 4.79 Å². The Morgan fingerprint density at radius 2 is 2.25 bits per heavy atom. The molecule has 1 saturated heterocycles. The van der Waals surface area contributed by atoms with Gasteiger partial charge in [-0.15, -0.1) is 0 Å². The molecule has 2 rings (SSSR count). The Bertz CT molecular complexity index is 425. The highest BCUT2D eigenvalue weighted by Crippen LogP contribution is 2.16. The summed E-state index contributed by atoms with van der Waals surface area (Å²) in [4.78, 5) is 14.8. The van der Waals surface area contributed by atoms with Gasteiger partial charge in [0.25, 0.3) is 5.91 Å². The fourth-order valence-corrected chi connectivity index (χ4v) is 2.83. The van der Waals surface area contributed by atoms with E-state index in [4.69, 9.17) is 4.74 Å². The van der Waals surface area contributed by atoms with Gasteiger partial charge in [0.2, 0.25) is 0 Å². The van der Waals surface area contributed by atoms with Gasteiger partial charge in [0.1, 0.15) is 5.69 Å². The lowest BCUT2D eigenvalue weighted by molar-refractivity contribution is 0.0642. The molecule has 0 radical (unpaired) electrons. The van der Waals surface area contributed by atoms with Gasteiger partial charge < -0.3 is 19.5 Å². The third kappa shape index (κ3) is 3.41. The van der Waals surface area contributed by atoms with Crippen molar-refractivity contribution in [2.45, 2.75) is 32.4 Å². The molecule has 1 aliphatic rings. The van der Waals surface area contributed by atoms with Crippen molar-refractivity contribution in [1.29, 1.82) is 0 Å². The normalized spacial score (nSPS) is 16.3. The zero-order chi connectivity index (χ0) is 14.4. The number of rotatable bonds is 6. The largest absolute Gasteiger partial charge is 0.383 e. The molecular weight excluding hydrogens is 254 g/mol. The molecule has 1 fully saturated rings. The number of piperidine rings is 1. The van der Waals surface area contributed by atoms with E-state index in [1.165, 1.54) is 0 Å². The Morgan fingerprint density at radius 1 is 1.50 bits per heavy atom. The SMILES string of the molecule is CCN(C(=O)c1cccn1CCOC)C1CCNCC1. The summed E-state index contributed by atoms with van der Waals surface area (Å²) in [5.74, 6) is 0.139. The first-order valence-electron chi connectivity index (χ1n) is 7.43. The van der Waals surface area contributed by atoms with Crippen LogP contribution in [0.5, 0.6) is 0 Å². The van der Waals surface area contributed by atoms with E-state index >= 15 is 0 Å². The summed E-state index contributed by atoms with van der Waals surface area (Å²) < 4.78 is 7.08. The van der Waals surface area contributed by atoms with Crippen molar-refractivity contribution >= 4 is 5.91 Å². The van der Waals surface area contributed by atoms with E-state index in [9.17, 15) is 4.79 Å². The lowest BCUT2D eigenvalue weighted by Crippen LogP contribution is -2.46. The maximum Gasteiger partial charge on any atom is 0.270 e. The van der Waals surface area contributed by atoms with Crippen LogP contribution < -0.4 is 5.32 Å². The molecule has 0 bridgehead atoms. The van der Waals surface area contributed by atoms with Crippen molar-refractivity contribution in [2.24, 2.45) is 0 Å². The first kappa shape index (κ1) is 15.1. The zero-order valence-electron chi connectivity index (χ0n) is 12.5. The molecule has 0 aromatic carbocycles. The molecule has 1 aromatic rings. The Morgan fingerprint density at radius 3 is 2.90 bits per heavy atom. The third-order valence-electron chi connectivity index (χ3n) is 3.94. The molecule has 1 aliphatic heterocycles. The second-order valence-electron chi connectivity index (χ2n) is 5.15. The van der Waals surface area contributed by atoms with Crippen LogP contribution in [0.1, 0.15) is 30.3 Å². The van der Waals surface area contributed by atoms with Crippen LogP contribution in [0.15, 0.2) is 18.3 Å². The molecule has 0 saturated carbocycles. The number of nitrogens with one attached hydrogen (secondary N) is 1. The molecule has 1 amide bonds. The molecule has 0 atom stereocenters. The van der Waals surface area contributed by atoms with Crippen molar-refractivity contribution in [3.63, 3.8) is 0 Å². The van der Waals surface area contributed by atoms with Crippen LogP contribution in [-0.4, -0.2) is 54.8 Å². The minimum Gasteiger partial charge on any atom is -0.383 e. The summed E-state index contributed by atoms with van der Waals surface area (Å²) in [6.45, 7) is 6.16. The Hall–Kier alpha value is -1.33. The molecule has 0 spiro atoms. The predicted molar refractivity (Wildman–Crippen MR) is 78.9 cm³/mol. The number of aromatic nitrogens is 1. The molecular formula is C15H25N3O2. The van der Waals surface area contributed by atoms with E-state index < -0.39 is 0 Å². The average Bonchev–Trinajstić information content (AvgIpc) is 2.95. The van der Waals surface area contributed by atoms with Crippen LogP contribution in [-0.2, 0) is 11.3 Å². The van der Waals surface area contributed by atoms with Gasteiger partial charge in [-0.1, -0.05) is 0 Å². The third-order valence-corrected chi connectivity index (χ3v) is 3.94. The Labute approximate surface area is 120 Å². The molecule has 2 heterocycles. The minimum absolute atomic E-state index is 0.139. The molecule has 0 aliphatic carbocycles. The van der Waals surface area contributed by atoms with Crippen molar-refractivity contribution in [2.75, 3.05) is 33.4 Å². The van der Waals surface area contributed by atoms with Gasteiger partial charge in [0.05, 0.1) is 6.61 Å². The smallest absolute Gasteiger partial charge is 0.270 e. The molecule has 5 nitrogen and oxygen atoms in total. The quantitative estimate of drug-likeness (QED) is 0.855. The summed E-state index contributed by atoms with van der Waals surface area (Å²) in [6, 6.07) is 4.19. The second kappa shape index (κ2) is 7.45. The van der Waals surface area contributed by atoms with Crippen LogP contribution in [0.3, 0.4) is 0 Å². The standard InChI is InChI=1S/C15H25N3O2/c1-3-18(13-6-8-16-9-7-13)15(19)14-5-4-10-17(14)11-12-20-2/h4-5,10,13,16H,3,6-9,11-12H2,1-2H3. The summed E-state index contributed by atoms with van der Waals surface area (Å²) in [5, 5.41) is 3.35. The zero-order valence-corrected chi connectivity index (χ0v) is 12.5. The van der Waals surface area contributed by atoms with Crippen LogP contribution in [0.2, 0.25) is 0 Å². The van der Waals surface area contributed by atoms with E-state index in [-0.39, 0.29) is 5.91 Å². The summed E-state index contributed by atoms with van der Waals surface area (Å²) in [7, 11) is 1.68. The minimum atomic E-state index is 0.139. The van der Waals surface area contributed by atoms with Crippen LogP contribution in [0.25, 0.3) is 0 Å². The van der Waals surface area contributed by atoms with Crippen LogP contribution in [0.4, 0.5) is 0 Å². The lowest BCUT2D eigenvalue weighted by atomic mass is 10.0. The summed E-state index contributed by atoms with van der Waals surface area (Å²) >= 11 is 0. The first-order chi connectivity index (χ1) is 9.77. The van der Waals surface area contributed by atoms with E-state index in [1.807, 2.05) is 27.8 Å². The van der Waals surface area contributed by atoms with Gasteiger partial charge in [-0.2, -0.15) is 0 Å². The predicted octanol–water partition coefficient (Wildman–Crippen LogP) is 1.35. The van der Waals surface area contributed by atoms with Crippen molar-refractivity contribution in [1.82, 2.24) is 14.8 Å². The van der Waals surface area contributed by atoms with E-state index in [2.05, 4.69) is 12.2 Å². The lowest BCUT2D eigenvalue weighted by Gasteiger charge is -2.34. The average molecular weight is 279 g/mol. The number of amides is 1. The number of methoxy groups -OCH3 is 1. The highest BCUT2D eigenvalue weighted by atomic mass is 16.5. The van der Waals surface area contributed by atoms with Crippen LogP contribution >= 0.6 is 0 Å². The molecule has 0 unspecified atom stereocenters. The summed E-state index contributed by atoms with van der Waals surface area (Å²) in [6.07, 6.45) is 4.03. The molecule has 20 heavy (non-hydrogen) atoms.